The predicted octanol–water partition coefficient (Wildman–Crippen LogP) is 1.87. The minimum atomic E-state index is -0.935. The first-order chi connectivity index (χ1) is 6.18. The van der Waals surface area contributed by atoms with Gasteiger partial charge in [-0.3, -0.25) is 0 Å². The van der Waals surface area contributed by atoms with Gasteiger partial charge < -0.3 is 10.1 Å². The lowest BCUT2D eigenvalue weighted by Crippen LogP contribution is -1.93. The number of aromatic carboxylic acids is 1. The molecule has 13 heavy (non-hydrogen) atoms. The van der Waals surface area contributed by atoms with Crippen LogP contribution in [0.2, 0.25) is 0 Å². The van der Waals surface area contributed by atoms with Crippen LogP contribution < -0.4 is 0 Å². The highest BCUT2D eigenvalue weighted by Crippen LogP contribution is 2.18. The number of carbonyl (C=O) groups is 1. The molecular formula is C8H5IN2O2. The van der Waals surface area contributed by atoms with Crippen LogP contribution in [-0.4, -0.2) is 21.0 Å². The number of rotatable bonds is 1. The molecule has 2 aromatic rings. The minimum absolute atomic E-state index is 0.265. The summed E-state index contributed by atoms with van der Waals surface area (Å²) in [5, 5.41) is 9.46. The van der Waals surface area contributed by atoms with Gasteiger partial charge in [0.25, 0.3) is 0 Å². The largest absolute Gasteiger partial charge is 0.478 e. The summed E-state index contributed by atoms with van der Waals surface area (Å²) in [6.45, 7) is 0. The fourth-order valence-electron chi connectivity index (χ4n) is 1.15. The van der Waals surface area contributed by atoms with Crippen molar-refractivity contribution in [3.63, 3.8) is 0 Å². The zero-order valence-corrected chi connectivity index (χ0v) is 8.57. The van der Waals surface area contributed by atoms with Crippen LogP contribution in [0.1, 0.15) is 10.4 Å². The van der Waals surface area contributed by atoms with Crippen molar-refractivity contribution in [1.82, 2.24) is 9.97 Å². The third-order valence-electron chi connectivity index (χ3n) is 1.73. The topological polar surface area (TPSA) is 66.0 Å². The van der Waals surface area contributed by atoms with Gasteiger partial charge in [0.1, 0.15) is 5.65 Å². The van der Waals surface area contributed by atoms with Gasteiger partial charge in [-0.05, 0) is 28.7 Å². The molecule has 2 N–H and O–H groups in total. The van der Waals surface area contributed by atoms with Crippen LogP contribution >= 0.6 is 22.6 Å². The Hall–Kier alpha value is -1.11. The Morgan fingerprint density at radius 2 is 2.38 bits per heavy atom. The van der Waals surface area contributed by atoms with Gasteiger partial charge in [-0.1, -0.05) is 0 Å². The number of hydrogen-bond acceptors (Lipinski definition) is 2. The second-order valence-corrected chi connectivity index (χ2v) is 3.80. The van der Waals surface area contributed by atoms with E-state index in [1.807, 2.05) is 0 Å². The van der Waals surface area contributed by atoms with Crippen molar-refractivity contribution in [3.05, 3.63) is 27.6 Å². The Balaban J connectivity index is 2.79. The second kappa shape index (κ2) is 2.99. The first-order valence-electron chi connectivity index (χ1n) is 3.54. The summed E-state index contributed by atoms with van der Waals surface area (Å²) >= 11 is 2.10. The summed E-state index contributed by atoms with van der Waals surface area (Å²) < 4.78 is 0.923. The number of aromatic nitrogens is 2. The number of pyridine rings is 1. The highest BCUT2D eigenvalue weighted by molar-refractivity contribution is 14.1. The number of fused-ring (bicyclic) bond motifs is 1. The van der Waals surface area contributed by atoms with Crippen LogP contribution in [0.5, 0.6) is 0 Å². The molecule has 0 aliphatic heterocycles. The fraction of sp³-hybridized carbons (Fsp3) is 0. The summed E-state index contributed by atoms with van der Waals surface area (Å²) in [6.07, 6.45) is 3.14. The number of hydrogen-bond donors (Lipinski definition) is 2. The molecule has 0 radical (unpaired) electrons. The predicted molar refractivity (Wildman–Crippen MR) is 55.8 cm³/mol. The lowest BCUT2D eigenvalue weighted by molar-refractivity contribution is 0.0699. The molecule has 0 bridgehead atoms. The maximum atomic E-state index is 10.7. The number of halogens is 1. The smallest absolute Gasteiger partial charge is 0.337 e. The summed E-state index contributed by atoms with van der Waals surface area (Å²) in [5.74, 6) is -0.935. The second-order valence-electron chi connectivity index (χ2n) is 2.56. The van der Waals surface area contributed by atoms with Gasteiger partial charge in [0.05, 0.1) is 5.56 Å². The van der Waals surface area contributed by atoms with Crippen molar-refractivity contribution >= 4 is 39.6 Å². The van der Waals surface area contributed by atoms with Crippen molar-refractivity contribution in [2.24, 2.45) is 0 Å². The van der Waals surface area contributed by atoms with Gasteiger partial charge in [-0.25, -0.2) is 9.78 Å². The minimum Gasteiger partial charge on any atom is -0.478 e. The molecule has 0 saturated carbocycles. The van der Waals surface area contributed by atoms with E-state index in [1.165, 1.54) is 6.20 Å². The molecule has 0 saturated heterocycles. The number of aromatic amines is 1. The van der Waals surface area contributed by atoms with E-state index in [0.717, 1.165) is 3.57 Å². The highest BCUT2D eigenvalue weighted by Gasteiger charge is 2.10. The van der Waals surface area contributed by atoms with E-state index in [1.54, 1.807) is 12.3 Å². The maximum Gasteiger partial charge on any atom is 0.337 e. The number of H-pyrrole nitrogens is 1. The van der Waals surface area contributed by atoms with Crippen LogP contribution in [0, 0.1) is 3.57 Å². The maximum absolute atomic E-state index is 10.7. The quantitative estimate of drug-likeness (QED) is 0.787. The van der Waals surface area contributed by atoms with Crippen molar-refractivity contribution < 1.29 is 9.90 Å². The Morgan fingerprint density at radius 1 is 1.62 bits per heavy atom. The summed E-state index contributed by atoms with van der Waals surface area (Å²) in [4.78, 5) is 17.6. The van der Waals surface area contributed by atoms with Gasteiger partial charge in [-0.2, -0.15) is 0 Å². The van der Waals surface area contributed by atoms with Crippen molar-refractivity contribution in [3.8, 4) is 0 Å². The van der Waals surface area contributed by atoms with Crippen LogP contribution in [-0.2, 0) is 0 Å². The van der Waals surface area contributed by atoms with Gasteiger partial charge in [0, 0.05) is 21.4 Å². The van der Waals surface area contributed by atoms with E-state index >= 15 is 0 Å². The molecular weight excluding hydrogens is 283 g/mol. The van der Waals surface area contributed by atoms with Crippen molar-refractivity contribution in [2.45, 2.75) is 0 Å². The van der Waals surface area contributed by atoms with Crippen LogP contribution in [0.15, 0.2) is 18.5 Å². The summed E-state index contributed by atoms with van der Waals surface area (Å²) in [5.41, 5.74) is 0.874. The molecule has 66 valence electrons. The van der Waals surface area contributed by atoms with Gasteiger partial charge in [0.15, 0.2) is 0 Å². The zero-order chi connectivity index (χ0) is 9.42. The highest BCUT2D eigenvalue weighted by atomic mass is 127. The third kappa shape index (κ3) is 1.39. The van der Waals surface area contributed by atoms with Gasteiger partial charge >= 0.3 is 5.97 Å². The van der Waals surface area contributed by atoms with Crippen molar-refractivity contribution in [2.75, 3.05) is 0 Å². The van der Waals surface area contributed by atoms with E-state index in [4.69, 9.17) is 5.11 Å². The van der Waals surface area contributed by atoms with Gasteiger partial charge in [-0.15, -0.1) is 0 Å². The molecule has 0 unspecified atom stereocenters. The van der Waals surface area contributed by atoms with Crippen LogP contribution in [0.25, 0.3) is 11.0 Å². The Kier molecular flexibility index (Phi) is 1.95. The molecule has 0 spiro atoms. The number of carboxylic acids is 1. The SMILES string of the molecule is O=C(O)c1c[nH]c2ncc(I)cc12. The first-order valence-corrected chi connectivity index (χ1v) is 4.62. The number of nitrogens with zero attached hydrogens (tertiary/aromatic N) is 1. The zero-order valence-electron chi connectivity index (χ0n) is 6.41. The van der Waals surface area contributed by atoms with E-state index < -0.39 is 5.97 Å². The van der Waals surface area contributed by atoms with E-state index in [2.05, 4.69) is 32.6 Å². The van der Waals surface area contributed by atoms with Crippen LogP contribution in [0.3, 0.4) is 0 Å². The average molecular weight is 288 g/mol. The average Bonchev–Trinajstić information content (AvgIpc) is 2.46. The normalized spacial score (nSPS) is 10.5. The molecule has 2 heterocycles. The standard InChI is InChI=1S/C8H5IN2O2/c9-4-1-5-6(8(12)13)3-11-7(5)10-2-4/h1-3H,(H,10,11)(H,12,13). The van der Waals surface area contributed by atoms with Gasteiger partial charge in [0.2, 0.25) is 0 Å². The van der Waals surface area contributed by atoms with E-state index in [-0.39, 0.29) is 5.56 Å². The molecule has 2 aromatic heterocycles. The monoisotopic (exact) mass is 288 g/mol. The Labute approximate surface area is 87.1 Å². The lowest BCUT2D eigenvalue weighted by atomic mass is 10.2. The molecule has 0 aliphatic carbocycles. The molecule has 5 heteroatoms. The number of nitrogens with one attached hydrogen (secondary N) is 1. The van der Waals surface area contributed by atoms with E-state index in [9.17, 15) is 4.79 Å². The summed E-state index contributed by atoms with van der Waals surface area (Å²) in [7, 11) is 0. The molecule has 0 fully saturated rings. The van der Waals surface area contributed by atoms with E-state index in [0.29, 0.717) is 11.0 Å². The number of carboxylic acid groups (broad SMARTS) is 1. The fourth-order valence-corrected chi connectivity index (χ4v) is 1.61. The third-order valence-corrected chi connectivity index (χ3v) is 2.32. The van der Waals surface area contributed by atoms with Crippen LogP contribution in [0.4, 0.5) is 0 Å². The molecule has 2 rings (SSSR count). The molecule has 4 nitrogen and oxygen atoms in total. The summed E-state index contributed by atoms with van der Waals surface area (Å²) in [6, 6.07) is 1.79. The van der Waals surface area contributed by atoms with Crippen molar-refractivity contribution in [1.29, 1.82) is 0 Å². The Bertz CT molecular complexity index is 478. The molecule has 0 aliphatic rings. The molecule has 0 atom stereocenters. The molecule has 0 amide bonds. The lowest BCUT2D eigenvalue weighted by Gasteiger charge is -1.92. The Morgan fingerprint density at radius 3 is 3.08 bits per heavy atom. The first kappa shape index (κ1) is 8.49. The molecule has 0 aromatic carbocycles.